The van der Waals surface area contributed by atoms with E-state index in [2.05, 4.69) is 11.9 Å². The fourth-order valence-electron chi connectivity index (χ4n) is 4.27. The molecule has 0 aliphatic carbocycles. The standard InChI is InChI=1S/C30H27N3O7/c1-4-9-22-14-21(16-24-28(34)31-30(36)32(29(24)35)25-13-7-6-10-19(25)3)17-26(39-5-2)27(22)40-18-20-11-8-12-23(15-20)33(37)38/h4,6-8,10-17H,1,5,9,18H2,2-3H3,(H,31,34,36)/b24-16+. The minimum absolute atomic E-state index is 0.0424. The largest absolute Gasteiger partial charge is 0.490 e. The number of para-hydroxylation sites is 1. The summed E-state index contributed by atoms with van der Waals surface area (Å²) in [4.78, 5) is 50.3. The van der Waals surface area contributed by atoms with Crippen molar-refractivity contribution in [3.05, 3.63) is 111 Å². The first-order valence-electron chi connectivity index (χ1n) is 12.5. The van der Waals surface area contributed by atoms with E-state index < -0.39 is 22.8 Å². The van der Waals surface area contributed by atoms with Crippen molar-refractivity contribution in [1.29, 1.82) is 0 Å². The Morgan fingerprint density at radius 2 is 1.82 bits per heavy atom. The van der Waals surface area contributed by atoms with Gasteiger partial charge in [-0.05, 0) is 61.2 Å². The molecule has 1 aliphatic heterocycles. The van der Waals surface area contributed by atoms with Crippen LogP contribution in [0, 0.1) is 17.0 Å². The summed E-state index contributed by atoms with van der Waals surface area (Å²) in [6.07, 6.45) is 3.43. The second kappa shape index (κ2) is 12.1. The number of urea groups is 1. The SMILES string of the molecule is C=CCc1cc(/C=C2\C(=O)NC(=O)N(c3ccccc3C)C2=O)cc(OCC)c1OCc1cccc([N+](=O)[O-])c1. The van der Waals surface area contributed by atoms with Crippen molar-refractivity contribution in [1.82, 2.24) is 5.32 Å². The number of hydrogen-bond donors (Lipinski definition) is 1. The molecule has 0 aromatic heterocycles. The van der Waals surface area contributed by atoms with Crippen LogP contribution in [0.4, 0.5) is 16.2 Å². The maximum atomic E-state index is 13.4. The van der Waals surface area contributed by atoms with Crippen LogP contribution >= 0.6 is 0 Å². The third kappa shape index (κ3) is 5.91. The lowest BCUT2D eigenvalue weighted by atomic mass is 10.0. The molecule has 1 aliphatic rings. The fourth-order valence-corrected chi connectivity index (χ4v) is 4.27. The van der Waals surface area contributed by atoms with E-state index in [0.29, 0.717) is 52.5 Å². The van der Waals surface area contributed by atoms with Crippen molar-refractivity contribution in [2.45, 2.75) is 26.9 Å². The maximum Gasteiger partial charge on any atom is 0.335 e. The molecular weight excluding hydrogens is 514 g/mol. The minimum Gasteiger partial charge on any atom is -0.490 e. The number of allylic oxidation sites excluding steroid dienone is 1. The number of nitrogens with zero attached hydrogens (tertiary/aromatic N) is 2. The van der Waals surface area contributed by atoms with Gasteiger partial charge in [0, 0.05) is 17.7 Å². The van der Waals surface area contributed by atoms with Gasteiger partial charge in [0.2, 0.25) is 0 Å². The molecule has 0 spiro atoms. The number of anilines is 1. The van der Waals surface area contributed by atoms with Gasteiger partial charge in [-0.2, -0.15) is 0 Å². The van der Waals surface area contributed by atoms with Crippen molar-refractivity contribution in [2.75, 3.05) is 11.5 Å². The Morgan fingerprint density at radius 1 is 1.05 bits per heavy atom. The summed E-state index contributed by atoms with van der Waals surface area (Å²) in [6, 6.07) is 15.5. The molecule has 1 saturated heterocycles. The number of non-ortho nitro benzene ring substituents is 1. The number of imide groups is 2. The van der Waals surface area contributed by atoms with E-state index >= 15 is 0 Å². The van der Waals surface area contributed by atoms with E-state index in [1.807, 2.05) is 0 Å². The van der Waals surface area contributed by atoms with Gasteiger partial charge < -0.3 is 9.47 Å². The van der Waals surface area contributed by atoms with Gasteiger partial charge >= 0.3 is 6.03 Å². The summed E-state index contributed by atoms with van der Waals surface area (Å²) >= 11 is 0. The number of aryl methyl sites for hydroxylation is 1. The van der Waals surface area contributed by atoms with Crippen molar-refractivity contribution in [3.63, 3.8) is 0 Å². The molecule has 40 heavy (non-hydrogen) atoms. The first-order valence-corrected chi connectivity index (χ1v) is 12.5. The van der Waals surface area contributed by atoms with Crippen molar-refractivity contribution >= 4 is 35.3 Å². The number of ether oxygens (including phenoxy) is 2. The Kier molecular flexibility index (Phi) is 8.39. The summed E-state index contributed by atoms with van der Waals surface area (Å²) in [5.41, 5.74) is 2.52. The zero-order chi connectivity index (χ0) is 28.8. The van der Waals surface area contributed by atoms with Gasteiger partial charge in [-0.25, -0.2) is 9.69 Å². The topological polar surface area (TPSA) is 128 Å². The maximum absolute atomic E-state index is 13.4. The van der Waals surface area contributed by atoms with Gasteiger partial charge in [-0.1, -0.05) is 36.4 Å². The number of hydrogen-bond acceptors (Lipinski definition) is 7. The van der Waals surface area contributed by atoms with E-state index in [9.17, 15) is 24.5 Å². The molecule has 204 valence electrons. The number of nitro groups is 1. The van der Waals surface area contributed by atoms with Crippen LogP contribution in [-0.2, 0) is 22.6 Å². The molecule has 3 aromatic carbocycles. The van der Waals surface area contributed by atoms with Crippen LogP contribution in [0.5, 0.6) is 11.5 Å². The molecule has 0 radical (unpaired) electrons. The van der Waals surface area contributed by atoms with E-state index in [4.69, 9.17) is 9.47 Å². The number of nitro benzene ring substituents is 1. The number of nitrogens with one attached hydrogen (secondary N) is 1. The molecule has 0 atom stereocenters. The molecule has 3 aromatic rings. The van der Waals surface area contributed by atoms with Gasteiger partial charge in [0.05, 0.1) is 17.2 Å². The lowest BCUT2D eigenvalue weighted by molar-refractivity contribution is -0.384. The van der Waals surface area contributed by atoms with Crippen LogP contribution in [0.25, 0.3) is 6.08 Å². The number of carbonyl (C=O) groups excluding carboxylic acids is 3. The predicted octanol–water partition coefficient (Wildman–Crippen LogP) is 5.28. The fraction of sp³-hybridized carbons (Fsp3) is 0.167. The predicted molar refractivity (Wildman–Crippen MR) is 149 cm³/mol. The Labute approximate surface area is 230 Å². The molecule has 0 unspecified atom stereocenters. The zero-order valence-electron chi connectivity index (χ0n) is 22.0. The summed E-state index contributed by atoms with van der Waals surface area (Å²) in [5, 5.41) is 13.4. The molecular formula is C30H27N3O7. The molecule has 1 fully saturated rings. The third-order valence-corrected chi connectivity index (χ3v) is 6.09. The van der Waals surface area contributed by atoms with E-state index in [-0.39, 0.29) is 17.9 Å². The highest BCUT2D eigenvalue weighted by Crippen LogP contribution is 2.36. The summed E-state index contributed by atoms with van der Waals surface area (Å²) < 4.78 is 11.9. The van der Waals surface area contributed by atoms with Gasteiger partial charge in [0.15, 0.2) is 11.5 Å². The second-order valence-corrected chi connectivity index (χ2v) is 8.89. The van der Waals surface area contributed by atoms with E-state index in [1.54, 1.807) is 68.5 Å². The van der Waals surface area contributed by atoms with Crippen LogP contribution < -0.4 is 19.7 Å². The molecule has 4 rings (SSSR count). The summed E-state index contributed by atoms with van der Waals surface area (Å²) in [7, 11) is 0. The van der Waals surface area contributed by atoms with Crippen molar-refractivity contribution in [2.24, 2.45) is 0 Å². The molecule has 1 N–H and O–H groups in total. The highest BCUT2D eigenvalue weighted by atomic mass is 16.6. The monoisotopic (exact) mass is 541 g/mol. The molecule has 10 nitrogen and oxygen atoms in total. The van der Waals surface area contributed by atoms with Gasteiger partial charge in [-0.3, -0.25) is 25.0 Å². The molecule has 1 heterocycles. The summed E-state index contributed by atoms with van der Waals surface area (Å²) in [6.45, 7) is 7.71. The Hall–Kier alpha value is -5.25. The average Bonchev–Trinajstić information content (AvgIpc) is 2.92. The van der Waals surface area contributed by atoms with Gasteiger partial charge in [0.25, 0.3) is 17.5 Å². The van der Waals surface area contributed by atoms with Crippen LogP contribution in [0.3, 0.4) is 0 Å². The Morgan fingerprint density at radius 3 is 2.52 bits per heavy atom. The normalized spacial score (nSPS) is 14.2. The molecule has 0 bridgehead atoms. The number of rotatable bonds is 10. The van der Waals surface area contributed by atoms with E-state index in [0.717, 1.165) is 4.90 Å². The minimum atomic E-state index is -0.825. The lowest BCUT2D eigenvalue weighted by Gasteiger charge is -2.27. The number of carbonyl (C=O) groups is 3. The third-order valence-electron chi connectivity index (χ3n) is 6.09. The van der Waals surface area contributed by atoms with Gasteiger partial charge in [0.1, 0.15) is 12.2 Å². The number of amides is 4. The number of barbiturate groups is 1. The van der Waals surface area contributed by atoms with Crippen LogP contribution in [0.1, 0.15) is 29.2 Å². The smallest absolute Gasteiger partial charge is 0.335 e. The lowest BCUT2D eigenvalue weighted by Crippen LogP contribution is -2.54. The Bertz CT molecular complexity index is 1540. The van der Waals surface area contributed by atoms with Crippen molar-refractivity contribution in [3.8, 4) is 11.5 Å². The summed E-state index contributed by atoms with van der Waals surface area (Å²) in [5.74, 6) is -0.799. The molecule has 0 saturated carbocycles. The Balaban J connectivity index is 1.72. The van der Waals surface area contributed by atoms with Crippen LogP contribution in [-0.4, -0.2) is 29.4 Å². The van der Waals surface area contributed by atoms with Crippen LogP contribution in [0.15, 0.2) is 78.9 Å². The highest BCUT2D eigenvalue weighted by molar-refractivity contribution is 6.39. The van der Waals surface area contributed by atoms with Gasteiger partial charge in [-0.15, -0.1) is 6.58 Å². The quantitative estimate of drug-likeness (QED) is 0.122. The zero-order valence-corrected chi connectivity index (χ0v) is 22.0. The number of benzene rings is 3. The molecule has 4 amide bonds. The van der Waals surface area contributed by atoms with Crippen LogP contribution in [0.2, 0.25) is 0 Å². The first-order chi connectivity index (χ1) is 19.2. The highest BCUT2D eigenvalue weighted by Gasteiger charge is 2.37. The van der Waals surface area contributed by atoms with E-state index in [1.165, 1.54) is 18.2 Å². The molecule has 10 heteroatoms. The first kappa shape index (κ1) is 27.8. The second-order valence-electron chi connectivity index (χ2n) is 8.89. The van der Waals surface area contributed by atoms with Crippen molar-refractivity contribution < 1.29 is 28.8 Å². The average molecular weight is 542 g/mol.